The molecule has 2 amide bonds. The van der Waals surface area contributed by atoms with E-state index >= 15 is 0 Å². The second-order valence-electron chi connectivity index (χ2n) is 5.25. The molecule has 0 spiro atoms. The first-order valence-electron chi connectivity index (χ1n) is 7.18. The molecule has 0 atom stereocenters. The van der Waals surface area contributed by atoms with Gasteiger partial charge in [0.15, 0.2) is 0 Å². The van der Waals surface area contributed by atoms with E-state index in [4.69, 9.17) is 11.6 Å². The van der Waals surface area contributed by atoms with Crippen LogP contribution in [0.5, 0.6) is 0 Å². The lowest BCUT2D eigenvalue weighted by Gasteiger charge is -2.12. The number of thioether (sulfide) groups is 1. The fourth-order valence-electron chi connectivity index (χ4n) is 2.29. The van der Waals surface area contributed by atoms with Crippen molar-refractivity contribution in [2.45, 2.75) is 6.54 Å². The van der Waals surface area contributed by atoms with E-state index in [0.29, 0.717) is 15.5 Å². The van der Waals surface area contributed by atoms with Crippen LogP contribution in [0, 0.1) is 10.1 Å². The number of nitro groups is 1. The Morgan fingerprint density at radius 1 is 1.16 bits per heavy atom. The molecule has 1 aliphatic rings. The number of hydrogen-bond donors (Lipinski definition) is 0. The normalized spacial score (nSPS) is 15.9. The molecule has 1 heterocycles. The van der Waals surface area contributed by atoms with Crippen LogP contribution in [0.1, 0.15) is 11.1 Å². The lowest BCUT2D eigenvalue weighted by Crippen LogP contribution is -2.27. The minimum atomic E-state index is -0.502. The first kappa shape index (κ1) is 17.2. The van der Waals surface area contributed by atoms with Gasteiger partial charge in [0.1, 0.15) is 0 Å². The third-order valence-corrected chi connectivity index (χ3v) is 4.65. The van der Waals surface area contributed by atoms with Crippen molar-refractivity contribution in [1.29, 1.82) is 0 Å². The fourth-order valence-corrected chi connectivity index (χ4v) is 3.33. The predicted molar refractivity (Wildman–Crippen MR) is 96.1 cm³/mol. The van der Waals surface area contributed by atoms with Gasteiger partial charge in [-0.25, -0.2) is 0 Å². The zero-order valence-corrected chi connectivity index (χ0v) is 14.3. The van der Waals surface area contributed by atoms with Gasteiger partial charge in [0.2, 0.25) is 0 Å². The summed E-state index contributed by atoms with van der Waals surface area (Å²) < 4.78 is 0. The second-order valence-corrected chi connectivity index (χ2v) is 6.68. The highest BCUT2D eigenvalue weighted by Gasteiger charge is 2.35. The summed E-state index contributed by atoms with van der Waals surface area (Å²) in [6.45, 7) is 0.0650. The van der Waals surface area contributed by atoms with E-state index < -0.39 is 10.8 Å². The van der Waals surface area contributed by atoms with Gasteiger partial charge in [0.25, 0.3) is 16.8 Å². The van der Waals surface area contributed by atoms with Crippen molar-refractivity contribution >= 4 is 46.3 Å². The van der Waals surface area contributed by atoms with E-state index in [-0.39, 0.29) is 17.5 Å². The maximum atomic E-state index is 12.5. The Balaban J connectivity index is 1.78. The molecule has 2 aromatic rings. The van der Waals surface area contributed by atoms with E-state index in [9.17, 15) is 19.7 Å². The van der Waals surface area contributed by atoms with E-state index in [1.165, 1.54) is 24.3 Å². The number of hydrogen-bond acceptors (Lipinski definition) is 5. The summed E-state index contributed by atoms with van der Waals surface area (Å²) in [5, 5.41) is 10.8. The molecule has 0 N–H and O–H groups in total. The van der Waals surface area contributed by atoms with Crippen LogP contribution in [0.4, 0.5) is 10.5 Å². The molecule has 8 heteroatoms. The molecule has 0 aliphatic carbocycles. The quantitative estimate of drug-likeness (QED) is 0.447. The highest BCUT2D eigenvalue weighted by molar-refractivity contribution is 8.18. The van der Waals surface area contributed by atoms with Crippen molar-refractivity contribution in [3.05, 3.63) is 79.7 Å². The minimum absolute atomic E-state index is 0.0428. The Hall–Kier alpha value is -2.64. The highest BCUT2D eigenvalue weighted by atomic mass is 35.5. The SMILES string of the molecule is O=C1S/C(=C\c2cccc(Cl)c2)C(=O)N1Cc1ccc([N+](=O)[O-])cc1. The fraction of sp³-hybridized carbons (Fsp3) is 0.0588. The largest absolute Gasteiger partial charge is 0.293 e. The minimum Gasteiger partial charge on any atom is -0.268 e. The third-order valence-electron chi connectivity index (χ3n) is 3.51. The molecule has 6 nitrogen and oxygen atoms in total. The maximum Gasteiger partial charge on any atom is 0.293 e. The average molecular weight is 375 g/mol. The molecule has 0 aromatic heterocycles. The van der Waals surface area contributed by atoms with Gasteiger partial charge in [-0.3, -0.25) is 24.6 Å². The van der Waals surface area contributed by atoms with E-state index in [0.717, 1.165) is 22.2 Å². The number of imide groups is 1. The van der Waals surface area contributed by atoms with Gasteiger partial charge < -0.3 is 0 Å². The number of nitro benzene ring substituents is 1. The zero-order valence-electron chi connectivity index (χ0n) is 12.7. The molecule has 126 valence electrons. The highest BCUT2D eigenvalue weighted by Crippen LogP contribution is 2.33. The van der Waals surface area contributed by atoms with Crippen LogP contribution in [0.3, 0.4) is 0 Å². The molecule has 1 fully saturated rings. The summed E-state index contributed by atoms with van der Waals surface area (Å²) in [5.74, 6) is -0.395. The topological polar surface area (TPSA) is 80.5 Å². The number of halogens is 1. The van der Waals surface area contributed by atoms with Crippen LogP contribution in [0.25, 0.3) is 6.08 Å². The van der Waals surface area contributed by atoms with E-state index in [1.807, 2.05) is 0 Å². The van der Waals surface area contributed by atoms with Gasteiger partial charge in [-0.15, -0.1) is 0 Å². The van der Waals surface area contributed by atoms with Gasteiger partial charge in [0, 0.05) is 17.2 Å². The van der Waals surface area contributed by atoms with E-state index in [2.05, 4.69) is 0 Å². The molecule has 25 heavy (non-hydrogen) atoms. The molecule has 0 unspecified atom stereocenters. The number of nitrogens with zero attached hydrogens (tertiary/aromatic N) is 2. The summed E-state index contributed by atoms with van der Waals surface area (Å²) >= 11 is 6.78. The van der Waals surface area contributed by atoms with Gasteiger partial charge in [-0.2, -0.15) is 0 Å². The average Bonchev–Trinajstić information content (AvgIpc) is 2.83. The van der Waals surface area contributed by atoms with Gasteiger partial charge in [0.05, 0.1) is 16.4 Å². The predicted octanol–water partition coefficient (Wildman–Crippen LogP) is 4.48. The molecule has 0 saturated carbocycles. The zero-order chi connectivity index (χ0) is 18.0. The van der Waals surface area contributed by atoms with Gasteiger partial charge >= 0.3 is 0 Å². The summed E-state index contributed by atoms with van der Waals surface area (Å²) in [6.07, 6.45) is 1.62. The molecular formula is C17H11ClN2O4S. The Morgan fingerprint density at radius 2 is 1.88 bits per heavy atom. The van der Waals surface area contributed by atoms with E-state index in [1.54, 1.807) is 30.3 Å². The van der Waals surface area contributed by atoms with Crippen LogP contribution in [0.2, 0.25) is 5.02 Å². The van der Waals surface area contributed by atoms with Crippen molar-refractivity contribution in [3.8, 4) is 0 Å². The lowest BCUT2D eigenvalue weighted by molar-refractivity contribution is -0.384. The molecule has 1 aliphatic heterocycles. The Kier molecular flexibility index (Phi) is 4.87. The summed E-state index contributed by atoms with van der Waals surface area (Å²) in [4.78, 5) is 36.2. The molecule has 0 bridgehead atoms. The molecule has 0 radical (unpaired) electrons. The standard InChI is InChI=1S/C17H11ClN2O4S/c18-13-3-1-2-12(8-13)9-15-16(21)19(17(22)25-15)10-11-4-6-14(7-5-11)20(23)24/h1-9H,10H2/b15-9-. The van der Waals surface area contributed by atoms with Crippen LogP contribution in [-0.4, -0.2) is 21.0 Å². The van der Waals surface area contributed by atoms with Crippen LogP contribution in [0.15, 0.2) is 53.4 Å². The lowest BCUT2D eigenvalue weighted by atomic mass is 10.2. The number of benzene rings is 2. The van der Waals surface area contributed by atoms with Crippen molar-refractivity contribution in [3.63, 3.8) is 0 Å². The van der Waals surface area contributed by atoms with Crippen LogP contribution in [-0.2, 0) is 11.3 Å². The van der Waals surface area contributed by atoms with Gasteiger partial charge in [-0.1, -0.05) is 35.9 Å². The van der Waals surface area contributed by atoms with Crippen molar-refractivity contribution in [2.75, 3.05) is 0 Å². The number of carbonyl (C=O) groups excluding carboxylic acids is 2. The summed E-state index contributed by atoms with van der Waals surface area (Å²) in [5.41, 5.74) is 1.32. The Labute approximate surface area is 152 Å². The molecular weight excluding hydrogens is 364 g/mol. The van der Waals surface area contributed by atoms with Crippen LogP contribution >= 0.6 is 23.4 Å². The van der Waals surface area contributed by atoms with Crippen molar-refractivity contribution in [1.82, 2.24) is 4.90 Å². The second kappa shape index (κ2) is 7.08. The van der Waals surface area contributed by atoms with Crippen molar-refractivity contribution in [2.24, 2.45) is 0 Å². The number of amides is 2. The molecule has 2 aromatic carbocycles. The first-order chi connectivity index (χ1) is 11.9. The number of non-ortho nitro benzene ring substituents is 1. The molecule has 1 saturated heterocycles. The van der Waals surface area contributed by atoms with Crippen LogP contribution < -0.4 is 0 Å². The third kappa shape index (κ3) is 3.89. The first-order valence-corrected chi connectivity index (χ1v) is 8.38. The monoisotopic (exact) mass is 374 g/mol. The molecule has 3 rings (SSSR count). The number of carbonyl (C=O) groups is 2. The smallest absolute Gasteiger partial charge is 0.268 e. The van der Waals surface area contributed by atoms with Crippen molar-refractivity contribution < 1.29 is 14.5 Å². The maximum absolute atomic E-state index is 12.5. The van der Waals surface area contributed by atoms with Gasteiger partial charge in [-0.05, 0) is 41.1 Å². The Morgan fingerprint density at radius 3 is 2.52 bits per heavy atom. The summed E-state index contributed by atoms with van der Waals surface area (Å²) in [7, 11) is 0. The Bertz CT molecular complexity index is 896. The summed E-state index contributed by atoms with van der Waals surface area (Å²) in [6, 6.07) is 12.7. The number of rotatable bonds is 4.